The van der Waals surface area contributed by atoms with Gasteiger partial charge in [-0.05, 0) is 44.6 Å². The molecule has 2 aromatic heterocycles. The van der Waals surface area contributed by atoms with E-state index >= 15 is 0 Å². The van der Waals surface area contributed by atoms with Gasteiger partial charge in [-0.2, -0.15) is 10.1 Å². The molecule has 0 amide bonds. The van der Waals surface area contributed by atoms with Gasteiger partial charge in [-0.15, -0.1) is 0 Å². The lowest BCUT2D eigenvalue weighted by Crippen LogP contribution is -2.37. The lowest BCUT2D eigenvalue weighted by molar-refractivity contribution is -0.142. The fraction of sp³-hybridized carbons (Fsp3) is 0.556. The highest BCUT2D eigenvalue weighted by Gasteiger charge is 2.29. The Morgan fingerprint density at radius 1 is 1.23 bits per heavy atom. The first-order valence-electron chi connectivity index (χ1n) is 9.21. The van der Waals surface area contributed by atoms with E-state index in [0.717, 1.165) is 18.7 Å². The number of hydrogen-bond acceptors (Lipinski definition) is 6. The topological polar surface area (TPSA) is 107 Å². The molecule has 0 unspecified atom stereocenters. The second kappa shape index (κ2) is 6.93. The van der Waals surface area contributed by atoms with Crippen LogP contribution < -0.4 is 10.2 Å². The molecular formula is C18H24N6O2. The average Bonchev–Trinajstić information content (AvgIpc) is 3.41. The van der Waals surface area contributed by atoms with Crippen molar-refractivity contribution in [3.63, 3.8) is 0 Å². The molecule has 3 N–H and O–H groups in total. The standard InChI is InChI=1S/C18H24N6O2/c1-24(13-6-4-12(5-7-13)17(25)26)18-19-9-8-15(21-18)20-16-10-14(22-23-16)11-2-3-11/h8-13H,2-7H2,1H3,(H,25,26)(H2,19,20,21,22,23)/t12-,13-. The molecule has 2 aromatic rings. The zero-order valence-electron chi connectivity index (χ0n) is 14.9. The molecule has 0 aromatic carbocycles. The Hall–Kier alpha value is -2.64. The van der Waals surface area contributed by atoms with Crippen molar-refractivity contribution >= 4 is 23.6 Å². The number of H-pyrrole nitrogens is 1. The van der Waals surface area contributed by atoms with E-state index in [1.54, 1.807) is 6.20 Å². The molecule has 8 heteroatoms. The molecule has 138 valence electrons. The van der Waals surface area contributed by atoms with E-state index in [9.17, 15) is 4.79 Å². The molecule has 2 saturated carbocycles. The van der Waals surface area contributed by atoms with Gasteiger partial charge >= 0.3 is 5.97 Å². The largest absolute Gasteiger partial charge is 0.481 e. The van der Waals surface area contributed by atoms with Crippen molar-refractivity contribution in [2.45, 2.75) is 50.5 Å². The first-order valence-corrected chi connectivity index (χ1v) is 9.21. The van der Waals surface area contributed by atoms with Crippen molar-refractivity contribution in [2.24, 2.45) is 5.92 Å². The van der Waals surface area contributed by atoms with E-state index in [1.807, 2.05) is 19.2 Å². The number of rotatable bonds is 6. The summed E-state index contributed by atoms with van der Waals surface area (Å²) in [5.74, 6) is 1.85. The maximum Gasteiger partial charge on any atom is 0.306 e. The minimum atomic E-state index is -0.682. The number of aromatic nitrogens is 4. The third-order valence-electron chi connectivity index (χ3n) is 5.42. The number of anilines is 3. The van der Waals surface area contributed by atoms with Crippen molar-refractivity contribution in [3.05, 3.63) is 24.0 Å². The Labute approximate surface area is 152 Å². The monoisotopic (exact) mass is 356 g/mol. The molecule has 0 saturated heterocycles. The molecule has 8 nitrogen and oxygen atoms in total. The molecule has 2 aliphatic carbocycles. The highest BCUT2D eigenvalue weighted by Crippen LogP contribution is 2.39. The molecule has 4 rings (SSSR count). The molecule has 2 heterocycles. The molecule has 0 atom stereocenters. The summed E-state index contributed by atoms with van der Waals surface area (Å²) in [6.07, 6.45) is 7.30. The van der Waals surface area contributed by atoms with Gasteiger partial charge in [-0.1, -0.05) is 0 Å². The second-order valence-corrected chi connectivity index (χ2v) is 7.30. The predicted molar refractivity (Wildman–Crippen MR) is 97.7 cm³/mol. The summed E-state index contributed by atoms with van der Waals surface area (Å²) in [5, 5.41) is 19.7. The quantitative estimate of drug-likeness (QED) is 0.730. The van der Waals surface area contributed by atoms with Crippen LogP contribution in [0.5, 0.6) is 0 Å². The van der Waals surface area contributed by atoms with E-state index in [-0.39, 0.29) is 12.0 Å². The fourth-order valence-electron chi connectivity index (χ4n) is 3.60. The summed E-state index contributed by atoms with van der Waals surface area (Å²) in [5.41, 5.74) is 1.18. The molecule has 0 aliphatic heterocycles. The third kappa shape index (κ3) is 3.63. The normalized spacial score (nSPS) is 22.8. The molecule has 26 heavy (non-hydrogen) atoms. The van der Waals surface area contributed by atoms with E-state index in [2.05, 4.69) is 30.4 Å². The van der Waals surface area contributed by atoms with Crippen molar-refractivity contribution < 1.29 is 9.90 Å². The number of nitrogens with zero attached hydrogens (tertiary/aromatic N) is 4. The Kier molecular flexibility index (Phi) is 4.48. The second-order valence-electron chi connectivity index (χ2n) is 7.30. The van der Waals surface area contributed by atoms with Gasteiger partial charge in [0.25, 0.3) is 0 Å². The van der Waals surface area contributed by atoms with Crippen LogP contribution in [0.3, 0.4) is 0 Å². The van der Waals surface area contributed by atoms with Gasteiger partial charge in [-0.3, -0.25) is 9.89 Å². The Morgan fingerprint density at radius 3 is 2.69 bits per heavy atom. The van der Waals surface area contributed by atoms with E-state index in [1.165, 1.54) is 18.5 Å². The highest BCUT2D eigenvalue weighted by molar-refractivity contribution is 5.70. The van der Waals surface area contributed by atoms with Crippen LogP contribution in [0.4, 0.5) is 17.6 Å². The van der Waals surface area contributed by atoms with Gasteiger partial charge in [0.2, 0.25) is 5.95 Å². The SMILES string of the molecule is CN(c1nccc(Nc2cc(C3CC3)[nH]n2)n1)[C@H]1CC[C@H](C(=O)O)CC1. The van der Waals surface area contributed by atoms with Gasteiger partial charge in [-0.25, -0.2) is 4.98 Å². The predicted octanol–water partition coefficient (Wildman–Crippen LogP) is 2.90. The Bertz CT molecular complexity index is 779. The summed E-state index contributed by atoms with van der Waals surface area (Å²) >= 11 is 0. The number of carboxylic acid groups (broad SMARTS) is 1. The summed E-state index contributed by atoms with van der Waals surface area (Å²) in [4.78, 5) is 22.2. The van der Waals surface area contributed by atoms with Crippen molar-refractivity contribution in [3.8, 4) is 0 Å². The Balaban J connectivity index is 1.40. The summed E-state index contributed by atoms with van der Waals surface area (Å²) in [7, 11) is 1.98. The van der Waals surface area contributed by atoms with E-state index in [0.29, 0.717) is 30.5 Å². The third-order valence-corrected chi connectivity index (χ3v) is 5.42. The lowest BCUT2D eigenvalue weighted by Gasteiger charge is -2.33. The average molecular weight is 356 g/mol. The number of aromatic amines is 1. The fourth-order valence-corrected chi connectivity index (χ4v) is 3.60. The molecule has 2 aliphatic rings. The van der Waals surface area contributed by atoms with Gasteiger partial charge < -0.3 is 15.3 Å². The van der Waals surface area contributed by atoms with Crippen LogP contribution in [0.15, 0.2) is 18.3 Å². The van der Waals surface area contributed by atoms with Gasteiger partial charge in [0.15, 0.2) is 5.82 Å². The number of hydrogen-bond donors (Lipinski definition) is 3. The van der Waals surface area contributed by atoms with Crippen LogP contribution in [-0.4, -0.2) is 44.3 Å². The van der Waals surface area contributed by atoms with Crippen LogP contribution in [0.1, 0.15) is 50.1 Å². The van der Waals surface area contributed by atoms with Crippen LogP contribution in [-0.2, 0) is 4.79 Å². The zero-order chi connectivity index (χ0) is 18.1. The van der Waals surface area contributed by atoms with Crippen molar-refractivity contribution in [1.82, 2.24) is 20.2 Å². The summed E-state index contributed by atoms with van der Waals surface area (Å²) in [6, 6.07) is 4.13. The number of nitrogens with one attached hydrogen (secondary N) is 2. The number of carbonyl (C=O) groups is 1. The summed E-state index contributed by atoms with van der Waals surface area (Å²) < 4.78 is 0. The van der Waals surface area contributed by atoms with Crippen LogP contribution >= 0.6 is 0 Å². The van der Waals surface area contributed by atoms with Gasteiger partial charge in [0.1, 0.15) is 5.82 Å². The minimum Gasteiger partial charge on any atom is -0.481 e. The van der Waals surface area contributed by atoms with Crippen LogP contribution in [0, 0.1) is 5.92 Å². The maximum atomic E-state index is 11.1. The number of carboxylic acids is 1. The van der Waals surface area contributed by atoms with E-state index < -0.39 is 5.97 Å². The molecule has 0 bridgehead atoms. The first kappa shape index (κ1) is 16.8. The van der Waals surface area contributed by atoms with Gasteiger partial charge in [0.05, 0.1) is 5.92 Å². The molecule has 2 fully saturated rings. The molecule has 0 radical (unpaired) electrons. The number of aliphatic carboxylic acids is 1. The van der Waals surface area contributed by atoms with Crippen molar-refractivity contribution in [1.29, 1.82) is 0 Å². The van der Waals surface area contributed by atoms with Gasteiger partial charge in [0, 0.05) is 37.0 Å². The van der Waals surface area contributed by atoms with Crippen molar-refractivity contribution in [2.75, 3.05) is 17.3 Å². The smallest absolute Gasteiger partial charge is 0.306 e. The Morgan fingerprint density at radius 2 is 2.00 bits per heavy atom. The maximum absolute atomic E-state index is 11.1. The first-order chi connectivity index (χ1) is 12.6. The van der Waals surface area contributed by atoms with Crippen LogP contribution in [0.2, 0.25) is 0 Å². The zero-order valence-corrected chi connectivity index (χ0v) is 14.9. The van der Waals surface area contributed by atoms with E-state index in [4.69, 9.17) is 5.11 Å². The summed E-state index contributed by atoms with van der Waals surface area (Å²) in [6.45, 7) is 0. The highest BCUT2D eigenvalue weighted by atomic mass is 16.4. The lowest BCUT2D eigenvalue weighted by atomic mass is 9.85. The minimum absolute atomic E-state index is 0.214. The molecular weight excluding hydrogens is 332 g/mol. The van der Waals surface area contributed by atoms with Crippen LogP contribution in [0.25, 0.3) is 0 Å². The molecule has 0 spiro atoms.